The highest BCUT2D eigenvalue weighted by molar-refractivity contribution is 5.75. The maximum Gasteiger partial charge on any atom is 0.318 e. The molecule has 0 spiro atoms. The van der Waals surface area contributed by atoms with Crippen LogP contribution in [0.2, 0.25) is 0 Å². The summed E-state index contributed by atoms with van der Waals surface area (Å²) in [6, 6.07) is 0.890. The number of urea groups is 1. The molecule has 0 aromatic rings. The highest BCUT2D eigenvalue weighted by Gasteiger charge is 2.28. The second-order valence-electron chi connectivity index (χ2n) is 4.82. The monoisotopic (exact) mass is 227 g/mol. The number of carbonyl (C=O) groups is 1. The van der Waals surface area contributed by atoms with Crippen LogP contribution in [0, 0.1) is 0 Å². The molecule has 2 saturated heterocycles. The first kappa shape index (κ1) is 11.7. The van der Waals surface area contributed by atoms with Gasteiger partial charge in [0, 0.05) is 31.8 Å². The van der Waals surface area contributed by atoms with E-state index in [0.717, 1.165) is 26.1 Å². The van der Waals surface area contributed by atoms with Crippen LogP contribution in [0.1, 0.15) is 20.3 Å². The first-order valence-electron chi connectivity index (χ1n) is 6.05. The summed E-state index contributed by atoms with van der Waals surface area (Å²) in [4.78, 5) is 14.0. The Bertz CT molecular complexity index is 254. The van der Waals surface area contributed by atoms with Gasteiger partial charge in [-0.1, -0.05) is 0 Å². The summed E-state index contributed by atoms with van der Waals surface area (Å²) in [6.07, 6.45) is 0.932. The third-order valence-electron chi connectivity index (χ3n) is 3.28. The molecule has 3 atom stereocenters. The molecular weight excluding hydrogens is 206 g/mol. The number of hydrogen-bond donors (Lipinski definition) is 2. The SMILES string of the molecule is CC1CN(C(=O)NC2CCOC2)C(C)CN1. The number of carbonyl (C=O) groups excluding carboxylic acids is 1. The summed E-state index contributed by atoms with van der Waals surface area (Å²) in [5, 5.41) is 6.40. The zero-order valence-corrected chi connectivity index (χ0v) is 10.0. The standard InChI is InChI=1S/C11H21N3O2/c1-8-6-14(9(2)5-12-8)11(15)13-10-3-4-16-7-10/h8-10,12H,3-7H2,1-2H3,(H,13,15). The van der Waals surface area contributed by atoms with E-state index in [1.54, 1.807) is 0 Å². The second kappa shape index (κ2) is 5.01. The molecule has 16 heavy (non-hydrogen) atoms. The fraction of sp³-hybridized carbons (Fsp3) is 0.909. The third kappa shape index (κ3) is 2.65. The minimum absolute atomic E-state index is 0.0522. The summed E-state index contributed by atoms with van der Waals surface area (Å²) >= 11 is 0. The molecule has 0 aromatic heterocycles. The van der Waals surface area contributed by atoms with Gasteiger partial charge in [-0.15, -0.1) is 0 Å². The largest absolute Gasteiger partial charge is 0.379 e. The molecule has 2 heterocycles. The lowest BCUT2D eigenvalue weighted by molar-refractivity contribution is 0.143. The van der Waals surface area contributed by atoms with Gasteiger partial charge in [0.05, 0.1) is 12.6 Å². The molecular formula is C11H21N3O2. The van der Waals surface area contributed by atoms with Crippen molar-refractivity contribution < 1.29 is 9.53 Å². The second-order valence-corrected chi connectivity index (χ2v) is 4.82. The Morgan fingerprint density at radius 3 is 3.00 bits per heavy atom. The fourth-order valence-electron chi connectivity index (χ4n) is 2.21. The van der Waals surface area contributed by atoms with Crippen LogP contribution < -0.4 is 10.6 Å². The Morgan fingerprint density at radius 1 is 1.50 bits per heavy atom. The van der Waals surface area contributed by atoms with Crippen molar-refractivity contribution in [2.75, 3.05) is 26.3 Å². The van der Waals surface area contributed by atoms with E-state index in [1.165, 1.54) is 0 Å². The molecule has 5 heteroatoms. The molecule has 2 amide bonds. The molecule has 0 aliphatic carbocycles. The fourth-order valence-corrected chi connectivity index (χ4v) is 2.21. The van der Waals surface area contributed by atoms with Crippen molar-refractivity contribution in [3.63, 3.8) is 0 Å². The van der Waals surface area contributed by atoms with E-state index in [2.05, 4.69) is 24.5 Å². The maximum atomic E-state index is 12.0. The van der Waals surface area contributed by atoms with E-state index in [-0.39, 0.29) is 18.1 Å². The van der Waals surface area contributed by atoms with Gasteiger partial charge in [0.15, 0.2) is 0 Å². The summed E-state index contributed by atoms with van der Waals surface area (Å²) in [5.74, 6) is 0. The number of nitrogens with one attached hydrogen (secondary N) is 2. The molecule has 2 N–H and O–H groups in total. The number of amides is 2. The highest BCUT2D eigenvalue weighted by Crippen LogP contribution is 2.09. The Morgan fingerprint density at radius 2 is 2.31 bits per heavy atom. The zero-order valence-electron chi connectivity index (χ0n) is 10.0. The zero-order chi connectivity index (χ0) is 11.5. The van der Waals surface area contributed by atoms with Gasteiger partial charge in [-0.25, -0.2) is 4.79 Å². The Kier molecular flexibility index (Phi) is 3.66. The van der Waals surface area contributed by atoms with Crippen LogP contribution in [0.25, 0.3) is 0 Å². The van der Waals surface area contributed by atoms with Crippen molar-refractivity contribution in [3.05, 3.63) is 0 Å². The van der Waals surface area contributed by atoms with Crippen LogP contribution in [0.15, 0.2) is 0 Å². The van der Waals surface area contributed by atoms with Crippen molar-refractivity contribution in [1.29, 1.82) is 0 Å². The molecule has 0 saturated carbocycles. The number of nitrogens with zero attached hydrogens (tertiary/aromatic N) is 1. The van der Waals surface area contributed by atoms with Crippen LogP contribution in [-0.4, -0.2) is 55.4 Å². The molecule has 2 aliphatic rings. The first-order valence-corrected chi connectivity index (χ1v) is 6.05. The molecule has 0 radical (unpaired) electrons. The predicted molar refractivity (Wildman–Crippen MR) is 61.4 cm³/mol. The van der Waals surface area contributed by atoms with Crippen LogP contribution in [0.5, 0.6) is 0 Å². The molecule has 3 unspecified atom stereocenters. The van der Waals surface area contributed by atoms with Gasteiger partial charge in [-0.3, -0.25) is 0 Å². The van der Waals surface area contributed by atoms with Gasteiger partial charge in [0.2, 0.25) is 0 Å². The lowest BCUT2D eigenvalue weighted by Gasteiger charge is -2.37. The average molecular weight is 227 g/mol. The molecule has 0 bridgehead atoms. The van der Waals surface area contributed by atoms with Crippen LogP contribution in [0.4, 0.5) is 4.79 Å². The topological polar surface area (TPSA) is 53.6 Å². The smallest absolute Gasteiger partial charge is 0.318 e. The van der Waals surface area contributed by atoms with E-state index in [9.17, 15) is 4.79 Å². The predicted octanol–water partition coefficient (Wildman–Crippen LogP) is 0.167. The van der Waals surface area contributed by atoms with Gasteiger partial charge in [-0.05, 0) is 20.3 Å². The van der Waals surface area contributed by atoms with Crippen molar-refractivity contribution in [3.8, 4) is 0 Å². The number of rotatable bonds is 1. The van der Waals surface area contributed by atoms with Crippen LogP contribution >= 0.6 is 0 Å². The normalized spacial score (nSPS) is 35.1. The van der Waals surface area contributed by atoms with Crippen molar-refractivity contribution in [2.45, 2.75) is 38.4 Å². The lowest BCUT2D eigenvalue weighted by atomic mass is 10.1. The number of ether oxygens (including phenoxy) is 1. The highest BCUT2D eigenvalue weighted by atomic mass is 16.5. The Hall–Kier alpha value is -0.810. The molecule has 0 aromatic carbocycles. The van der Waals surface area contributed by atoms with Crippen molar-refractivity contribution in [2.24, 2.45) is 0 Å². The lowest BCUT2D eigenvalue weighted by Crippen LogP contribution is -2.59. The summed E-state index contributed by atoms with van der Waals surface area (Å²) in [6.45, 7) is 7.24. The van der Waals surface area contributed by atoms with Gasteiger partial charge in [-0.2, -0.15) is 0 Å². The van der Waals surface area contributed by atoms with Crippen LogP contribution in [-0.2, 0) is 4.74 Å². The van der Waals surface area contributed by atoms with Crippen molar-refractivity contribution in [1.82, 2.24) is 15.5 Å². The minimum atomic E-state index is 0.0522. The molecule has 2 rings (SSSR count). The average Bonchev–Trinajstić information content (AvgIpc) is 2.74. The minimum Gasteiger partial charge on any atom is -0.379 e. The van der Waals surface area contributed by atoms with Gasteiger partial charge in [0.25, 0.3) is 0 Å². The van der Waals surface area contributed by atoms with E-state index in [1.807, 2.05) is 4.90 Å². The van der Waals surface area contributed by atoms with Crippen molar-refractivity contribution >= 4 is 6.03 Å². The summed E-state index contributed by atoms with van der Waals surface area (Å²) in [7, 11) is 0. The van der Waals surface area contributed by atoms with E-state index >= 15 is 0 Å². The summed E-state index contributed by atoms with van der Waals surface area (Å²) in [5.41, 5.74) is 0. The van der Waals surface area contributed by atoms with E-state index in [4.69, 9.17) is 4.74 Å². The van der Waals surface area contributed by atoms with Gasteiger partial charge in [0.1, 0.15) is 0 Å². The first-order chi connectivity index (χ1) is 7.66. The van der Waals surface area contributed by atoms with E-state index in [0.29, 0.717) is 12.6 Å². The van der Waals surface area contributed by atoms with Crippen LogP contribution in [0.3, 0.4) is 0 Å². The maximum absolute atomic E-state index is 12.0. The number of hydrogen-bond acceptors (Lipinski definition) is 3. The number of piperazine rings is 1. The third-order valence-corrected chi connectivity index (χ3v) is 3.28. The molecule has 2 aliphatic heterocycles. The van der Waals surface area contributed by atoms with E-state index < -0.39 is 0 Å². The molecule has 92 valence electrons. The molecule has 2 fully saturated rings. The van der Waals surface area contributed by atoms with Gasteiger partial charge >= 0.3 is 6.03 Å². The van der Waals surface area contributed by atoms with Gasteiger partial charge < -0.3 is 20.3 Å². The Balaban J connectivity index is 1.86. The molecule has 5 nitrogen and oxygen atoms in total. The Labute approximate surface area is 96.5 Å². The quantitative estimate of drug-likeness (QED) is 0.671. The summed E-state index contributed by atoms with van der Waals surface area (Å²) < 4.78 is 5.25.